The molecule has 2 saturated carbocycles. The van der Waals surface area contributed by atoms with Gasteiger partial charge in [-0.2, -0.15) is 5.10 Å². The first-order valence-electron chi connectivity index (χ1n) is 10.7. The highest BCUT2D eigenvalue weighted by Crippen LogP contribution is 2.44. The molecular formula is C20H36N4O2S. The summed E-state index contributed by atoms with van der Waals surface area (Å²) in [5, 5.41) is 8.30. The van der Waals surface area contributed by atoms with E-state index in [1.165, 1.54) is 32.1 Å². The van der Waals surface area contributed by atoms with E-state index in [1.807, 2.05) is 0 Å². The lowest BCUT2D eigenvalue weighted by atomic mass is 9.91. The fourth-order valence-electron chi connectivity index (χ4n) is 5.08. The molecule has 2 aliphatic carbocycles. The Morgan fingerprint density at radius 1 is 1.19 bits per heavy atom. The minimum atomic E-state index is -2.72. The first kappa shape index (κ1) is 19.5. The lowest BCUT2D eigenvalue weighted by Crippen LogP contribution is -2.50. The number of nitrogens with zero attached hydrogens (tertiary/aromatic N) is 2. The van der Waals surface area contributed by atoms with E-state index in [4.69, 9.17) is 0 Å². The van der Waals surface area contributed by atoms with Gasteiger partial charge in [0.2, 0.25) is 0 Å². The average molecular weight is 397 g/mol. The van der Waals surface area contributed by atoms with E-state index >= 15 is 0 Å². The molecule has 4 rings (SSSR count). The summed E-state index contributed by atoms with van der Waals surface area (Å²) >= 11 is 0. The van der Waals surface area contributed by atoms with Gasteiger partial charge in [-0.15, -0.1) is 0 Å². The minimum Gasteiger partial charge on any atom is -0.372 e. The number of hydrogen-bond acceptors (Lipinski definition) is 5. The molecule has 2 atom stereocenters. The lowest BCUT2D eigenvalue weighted by molar-refractivity contribution is 0.211. The monoisotopic (exact) mass is 396 g/mol. The third-order valence-corrected chi connectivity index (χ3v) is 8.70. The number of amidine groups is 1. The van der Waals surface area contributed by atoms with Crippen molar-refractivity contribution in [2.75, 3.05) is 31.1 Å². The predicted octanol–water partition coefficient (Wildman–Crippen LogP) is 1.98. The van der Waals surface area contributed by atoms with E-state index in [1.54, 1.807) is 0 Å². The fourth-order valence-corrected chi connectivity index (χ4v) is 7.33. The molecule has 2 saturated heterocycles. The predicted molar refractivity (Wildman–Crippen MR) is 109 cm³/mol. The molecule has 6 nitrogen and oxygen atoms in total. The molecule has 27 heavy (non-hydrogen) atoms. The van der Waals surface area contributed by atoms with Gasteiger partial charge >= 0.3 is 0 Å². The maximum absolute atomic E-state index is 11.6. The molecule has 154 valence electrons. The molecule has 0 amide bonds. The zero-order valence-corrected chi connectivity index (χ0v) is 17.9. The smallest absolute Gasteiger partial charge is 0.151 e. The van der Waals surface area contributed by atoms with Crippen molar-refractivity contribution < 1.29 is 8.42 Å². The number of sulfone groups is 1. The van der Waals surface area contributed by atoms with Crippen LogP contribution in [0.15, 0.2) is 5.10 Å². The Balaban J connectivity index is 1.24. The van der Waals surface area contributed by atoms with E-state index in [-0.39, 0.29) is 11.0 Å². The summed E-state index contributed by atoms with van der Waals surface area (Å²) < 4.78 is 23.2. The summed E-state index contributed by atoms with van der Waals surface area (Å²) in [7, 11) is -2.72. The Morgan fingerprint density at radius 3 is 2.56 bits per heavy atom. The number of nitrogens with one attached hydrogen (secondary N) is 2. The van der Waals surface area contributed by atoms with Crippen LogP contribution in [0.1, 0.15) is 59.3 Å². The molecule has 1 unspecified atom stereocenters. The molecule has 4 fully saturated rings. The second-order valence-electron chi connectivity index (χ2n) is 10.6. The van der Waals surface area contributed by atoms with Crippen LogP contribution in [-0.2, 0) is 9.84 Å². The van der Waals surface area contributed by atoms with Gasteiger partial charge in [-0.3, -0.25) is 4.90 Å². The zero-order valence-electron chi connectivity index (χ0n) is 17.1. The van der Waals surface area contributed by atoms with Crippen molar-refractivity contribution in [1.82, 2.24) is 15.6 Å². The van der Waals surface area contributed by atoms with Crippen LogP contribution in [0.5, 0.6) is 0 Å². The second kappa shape index (κ2) is 6.90. The summed E-state index contributed by atoms with van der Waals surface area (Å²) in [6.45, 7) is 9.52. The quantitative estimate of drug-likeness (QED) is 0.422. The molecule has 0 aromatic carbocycles. The SMILES string of the molecule is CC(C)(C)N/N=C(\NCC1CC[C@@H](N2CCC3(C2)CS(=O)(=O)C3)C1)C1CC1. The Kier molecular flexibility index (Phi) is 4.98. The van der Waals surface area contributed by atoms with Crippen LogP contribution in [-0.4, -0.2) is 61.9 Å². The van der Waals surface area contributed by atoms with Gasteiger partial charge in [-0.25, -0.2) is 8.42 Å². The van der Waals surface area contributed by atoms with Gasteiger partial charge in [0.25, 0.3) is 0 Å². The summed E-state index contributed by atoms with van der Waals surface area (Å²) in [5.41, 5.74) is 3.37. The van der Waals surface area contributed by atoms with Crippen LogP contribution < -0.4 is 10.7 Å². The van der Waals surface area contributed by atoms with Crippen molar-refractivity contribution in [1.29, 1.82) is 0 Å². The molecule has 2 heterocycles. The molecule has 0 bridgehead atoms. The van der Waals surface area contributed by atoms with Crippen molar-refractivity contribution in [2.24, 2.45) is 22.4 Å². The highest BCUT2D eigenvalue weighted by molar-refractivity contribution is 7.92. The number of hydrazone groups is 1. The highest BCUT2D eigenvalue weighted by atomic mass is 32.2. The van der Waals surface area contributed by atoms with Crippen molar-refractivity contribution in [2.45, 2.75) is 70.9 Å². The normalized spacial score (nSPS) is 33.2. The van der Waals surface area contributed by atoms with Crippen molar-refractivity contribution in [3.8, 4) is 0 Å². The molecular weight excluding hydrogens is 360 g/mol. The Labute approximate surface area is 164 Å². The maximum Gasteiger partial charge on any atom is 0.151 e. The number of hydrogen-bond donors (Lipinski definition) is 2. The topological polar surface area (TPSA) is 73.8 Å². The van der Waals surface area contributed by atoms with Crippen LogP contribution >= 0.6 is 0 Å². The molecule has 1 spiro atoms. The Hall–Kier alpha value is -0.820. The van der Waals surface area contributed by atoms with Crippen LogP contribution in [0.2, 0.25) is 0 Å². The maximum atomic E-state index is 11.6. The number of rotatable bonds is 5. The lowest BCUT2D eigenvalue weighted by Gasteiger charge is -2.38. The largest absolute Gasteiger partial charge is 0.372 e. The first-order chi connectivity index (χ1) is 12.6. The molecule has 4 aliphatic rings. The fraction of sp³-hybridized carbons (Fsp3) is 0.950. The van der Waals surface area contributed by atoms with E-state index in [0.717, 1.165) is 31.9 Å². The van der Waals surface area contributed by atoms with E-state index in [2.05, 4.69) is 41.5 Å². The van der Waals surface area contributed by atoms with E-state index in [9.17, 15) is 8.42 Å². The summed E-state index contributed by atoms with van der Waals surface area (Å²) in [5.74, 6) is 3.33. The first-order valence-corrected chi connectivity index (χ1v) is 12.5. The van der Waals surface area contributed by atoms with E-state index in [0.29, 0.717) is 29.4 Å². The molecule has 0 radical (unpaired) electrons. The van der Waals surface area contributed by atoms with Gasteiger partial charge in [0, 0.05) is 36.0 Å². The van der Waals surface area contributed by atoms with Gasteiger partial charge < -0.3 is 10.7 Å². The molecule has 2 N–H and O–H groups in total. The van der Waals surface area contributed by atoms with Gasteiger partial charge in [-0.1, -0.05) is 0 Å². The molecule has 0 aromatic heterocycles. The molecule has 0 aromatic rings. The average Bonchev–Trinajstić information content (AvgIpc) is 3.11. The van der Waals surface area contributed by atoms with Gasteiger partial charge in [-0.05, 0) is 71.8 Å². The third kappa shape index (κ3) is 4.78. The minimum absolute atomic E-state index is 0.000981. The Bertz CT molecular complexity index is 681. The van der Waals surface area contributed by atoms with Crippen molar-refractivity contribution >= 4 is 15.7 Å². The van der Waals surface area contributed by atoms with Crippen molar-refractivity contribution in [3.05, 3.63) is 0 Å². The van der Waals surface area contributed by atoms with Gasteiger partial charge in [0.1, 0.15) is 5.84 Å². The van der Waals surface area contributed by atoms with Crippen LogP contribution in [0.25, 0.3) is 0 Å². The van der Waals surface area contributed by atoms with Gasteiger partial charge in [0.05, 0.1) is 11.5 Å². The zero-order chi connectivity index (χ0) is 19.3. The van der Waals surface area contributed by atoms with Crippen LogP contribution in [0.3, 0.4) is 0 Å². The van der Waals surface area contributed by atoms with Crippen LogP contribution in [0, 0.1) is 17.3 Å². The molecule has 7 heteroatoms. The third-order valence-electron chi connectivity index (χ3n) is 6.60. The van der Waals surface area contributed by atoms with Crippen LogP contribution in [0.4, 0.5) is 0 Å². The summed E-state index contributed by atoms with van der Waals surface area (Å²) in [4.78, 5) is 2.59. The van der Waals surface area contributed by atoms with Gasteiger partial charge in [0.15, 0.2) is 9.84 Å². The molecule has 2 aliphatic heterocycles. The second-order valence-corrected chi connectivity index (χ2v) is 12.7. The number of likely N-dealkylation sites (tertiary alicyclic amines) is 1. The standard InChI is InChI=1S/C20H36N4O2S/c1-19(2,3)23-22-18(16-5-6-16)21-11-15-4-7-17(10-15)24-9-8-20(12-24)13-27(25,26)14-20/h15-17,23H,4-14H2,1-3H3,(H,21,22)/t15?,17-/m1/s1. The highest BCUT2D eigenvalue weighted by Gasteiger charge is 2.53. The summed E-state index contributed by atoms with van der Waals surface area (Å²) in [6.07, 6.45) is 7.34. The summed E-state index contributed by atoms with van der Waals surface area (Å²) in [6, 6.07) is 0.647. The Morgan fingerprint density at radius 2 is 1.93 bits per heavy atom. The van der Waals surface area contributed by atoms with E-state index < -0.39 is 9.84 Å². The van der Waals surface area contributed by atoms with Crippen molar-refractivity contribution in [3.63, 3.8) is 0 Å².